The Morgan fingerprint density at radius 3 is 2.78 bits per heavy atom. The van der Waals surface area contributed by atoms with Crippen molar-refractivity contribution in [2.45, 2.75) is 6.92 Å². The summed E-state index contributed by atoms with van der Waals surface area (Å²) >= 11 is 0. The number of rotatable bonds is 7. The maximum atomic E-state index is 11.5. The van der Waals surface area contributed by atoms with Gasteiger partial charge in [0.15, 0.2) is 0 Å². The first-order chi connectivity index (χ1) is 8.67. The minimum Gasteiger partial charge on any atom is -0.497 e. The predicted octanol–water partition coefficient (Wildman–Crippen LogP) is 1.18. The van der Waals surface area contributed by atoms with E-state index in [2.05, 4.69) is 10.6 Å². The first-order valence-electron chi connectivity index (χ1n) is 5.81. The van der Waals surface area contributed by atoms with Crippen LogP contribution in [0.5, 0.6) is 5.75 Å². The molecule has 100 valence electrons. The molecule has 0 unspecified atom stereocenters. The molecule has 0 radical (unpaired) electrons. The molecule has 1 aromatic carbocycles. The van der Waals surface area contributed by atoms with Crippen LogP contribution < -0.4 is 15.4 Å². The van der Waals surface area contributed by atoms with Crippen molar-refractivity contribution in [2.75, 3.05) is 39.2 Å². The van der Waals surface area contributed by atoms with E-state index in [0.717, 1.165) is 17.0 Å². The molecule has 1 rings (SSSR count). The van der Waals surface area contributed by atoms with Crippen LogP contribution in [0.3, 0.4) is 0 Å². The van der Waals surface area contributed by atoms with Crippen molar-refractivity contribution in [3.63, 3.8) is 0 Å². The molecule has 0 saturated carbocycles. The number of anilines is 1. The second kappa shape index (κ2) is 7.55. The summed E-state index contributed by atoms with van der Waals surface area (Å²) in [6, 6.07) is 5.71. The molecule has 0 atom stereocenters. The number of carbonyl (C=O) groups is 1. The zero-order valence-corrected chi connectivity index (χ0v) is 11.1. The minimum atomic E-state index is -0.0609. The van der Waals surface area contributed by atoms with Crippen LogP contribution in [0.1, 0.15) is 5.56 Å². The molecule has 0 spiro atoms. The highest BCUT2D eigenvalue weighted by atomic mass is 16.5. The van der Waals surface area contributed by atoms with Crippen LogP contribution in [0.15, 0.2) is 18.2 Å². The largest absolute Gasteiger partial charge is 0.497 e. The maximum Gasteiger partial charge on any atom is 0.239 e. The van der Waals surface area contributed by atoms with Gasteiger partial charge in [0.2, 0.25) is 5.91 Å². The fourth-order valence-electron chi connectivity index (χ4n) is 1.45. The standard InChI is InChI=1S/C13H20N2O3/c1-10-4-5-11(18-3)8-12(10)15-9-13(16)14-6-7-17-2/h4-5,8,15H,6-7,9H2,1-3H3,(H,14,16). The fraction of sp³-hybridized carbons (Fsp3) is 0.462. The number of ether oxygens (including phenoxy) is 2. The summed E-state index contributed by atoms with van der Waals surface area (Å²) in [5.74, 6) is 0.706. The zero-order chi connectivity index (χ0) is 13.4. The van der Waals surface area contributed by atoms with Gasteiger partial charge < -0.3 is 20.1 Å². The Labute approximate surface area is 107 Å². The number of aryl methyl sites for hydroxylation is 1. The molecule has 1 aromatic rings. The highest BCUT2D eigenvalue weighted by molar-refractivity contribution is 5.81. The van der Waals surface area contributed by atoms with E-state index < -0.39 is 0 Å². The van der Waals surface area contributed by atoms with E-state index in [4.69, 9.17) is 9.47 Å². The van der Waals surface area contributed by atoms with Crippen molar-refractivity contribution in [1.82, 2.24) is 5.32 Å². The Kier molecular flexibility index (Phi) is 6.00. The van der Waals surface area contributed by atoms with E-state index in [1.165, 1.54) is 0 Å². The minimum absolute atomic E-state index is 0.0609. The van der Waals surface area contributed by atoms with Gasteiger partial charge in [-0.05, 0) is 18.6 Å². The lowest BCUT2D eigenvalue weighted by Gasteiger charge is -2.11. The Hall–Kier alpha value is -1.75. The van der Waals surface area contributed by atoms with Crippen LogP contribution in [0.4, 0.5) is 5.69 Å². The lowest BCUT2D eigenvalue weighted by molar-refractivity contribution is -0.119. The number of carbonyl (C=O) groups excluding carboxylic acids is 1. The Bertz CT molecular complexity index is 394. The van der Waals surface area contributed by atoms with Crippen molar-refractivity contribution >= 4 is 11.6 Å². The van der Waals surface area contributed by atoms with Gasteiger partial charge in [0.25, 0.3) is 0 Å². The van der Waals surface area contributed by atoms with Crippen LogP contribution in [0.2, 0.25) is 0 Å². The average molecular weight is 252 g/mol. The van der Waals surface area contributed by atoms with E-state index in [9.17, 15) is 4.79 Å². The number of benzene rings is 1. The Balaban J connectivity index is 2.45. The van der Waals surface area contributed by atoms with Gasteiger partial charge in [0.05, 0.1) is 20.3 Å². The van der Waals surface area contributed by atoms with Crippen molar-refractivity contribution in [3.05, 3.63) is 23.8 Å². The number of methoxy groups -OCH3 is 2. The first-order valence-corrected chi connectivity index (χ1v) is 5.81. The van der Waals surface area contributed by atoms with Crippen LogP contribution in [0, 0.1) is 6.92 Å². The molecule has 0 heterocycles. The van der Waals surface area contributed by atoms with Gasteiger partial charge in [-0.1, -0.05) is 6.07 Å². The Morgan fingerprint density at radius 2 is 2.11 bits per heavy atom. The molecular formula is C13H20N2O3. The average Bonchev–Trinajstić information content (AvgIpc) is 2.38. The summed E-state index contributed by atoms with van der Waals surface area (Å²) in [5.41, 5.74) is 1.97. The highest BCUT2D eigenvalue weighted by Crippen LogP contribution is 2.21. The topological polar surface area (TPSA) is 59.6 Å². The van der Waals surface area contributed by atoms with Gasteiger partial charge in [-0.2, -0.15) is 0 Å². The van der Waals surface area contributed by atoms with Crippen LogP contribution in [-0.2, 0) is 9.53 Å². The smallest absolute Gasteiger partial charge is 0.239 e. The second-order valence-electron chi connectivity index (χ2n) is 3.88. The normalized spacial score (nSPS) is 9.94. The number of hydrogen-bond donors (Lipinski definition) is 2. The predicted molar refractivity (Wildman–Crippen MR) is 71.1 cm³/mol. The lowest BCUT2D eigenvalue weighted by Crippen LogP contribution is -2.32. The molecule has 0 aliphatic rings. The number of hydrogen-bond acceptors (Lipinski definition) is 4. The summed E-state index contributed by atoms with van der Waals surface area (Å²) in [4.78, 5) is 11.5. The third-order valence-corrected chi connectivity index (χ3v) is 2.51. The summed E-state index contributed by atoms with van der Waals surface area (Å²) in [6.45, 7) is 3.25. The lowest BCUT2D eigenvalue weighted by atomic mass is 10.2. The Morgan fingerprint density at radius 1 is 1.33 bits per heavy atom. The molecular weight excluding hydrogens is 232 g/mol. The molecule has 0 aliphatic heterocycles. The third kappa shape index (κ3) is 4.63. The highest BCUT2D eigenvalue weighted by Gasteiger charge is 2.03. The SMILES string of the molecule is COCCNC(=O)CNc1cc(OC)ccc1C. The first kappa shape index (κ1) is 14.3. The van der Waals surface area contributed by atoms with E-state index >= 15 is 0 Å². The van der Waals surface area contributed by atoms with Gasteiger partial charge in [0, 0.05) is 25.4 Å². The van der Waals surface area contributed by atoms with Crippen molar-refractivity contribution in [3.8, 4) is 5.75 Å². The van der Waals surface area contributed by atoms with E-state index in [0.29, 0.717) is 13.2 Å². The number of nitrogens with one attached hydrogen (secondary N) is 2. The van der Waals surface area contributed by atoms with Crippen LogP contribution >= 0.6 is 0 Å². The van der Waals surface area contributed by atoms with E-state index in [-0.39, 0.29) is 12.5 Å². The molecule has 5 heteroatoms. The quantitative estimate of drug-likeness (QED) is 0.715. The van der Waals surface area contributed by atoms with E-state index in [1.54, 1.807) is 14.2 Å². The number of amides is 1. The second-order valence-corrected chi connectivity index (χ2v) is 3.88. The van der Waals surface area contributed by atoms with Crippen LogP contribution in [-0.4, -0.2) is 39.8 Å². The van der Waals surface area contributed by atoms with Crippen molar-refractivity contribution in [2.24, 2.45) is 0 Å². The van der Waals surface area contributed by atoms with Crippen molar-refractivity contribution < 1.29 is 14.3 Å². The molecule has 1 amide bonds. The van der Waals surface area contributed by atoms with Gasteiger partial charge in [-0.15, -0.1) is 0 Å². The third-order valence-electron chi connectivity index (χ3n) is 2.51. The van der Waals surface area contributed by atoms with Crippen LogP contribution in [0.25, 0.3) is 0 Å². The molecule has 0 saturated heterocycles. The van der Waals surface area contributed by atoms with Gasteiger partial charge in [-0.3, -0.25) is 4.79 Å². The fourth-order valence-corrected chi connectivity index (χ4v) is 1.45. The van der Waals surface area contributed by atoms with Gasteiger partial charge in [-0.25, -0.2) is 0 Å². The maximum absolute atomic E-state index is 11.5. The van der Waals surface area contributed by atoms with Gasteiger partial charge >= 0.3 is 0 Å². The van der Waals surface area contributed by atoms with Crippen molar-refractivity contribution in [1.29, 1.82) is 0 Å². The molecule has 0 aliphatic carbocycles. The molecule has 5 nitrogen and oxygen atoms in total. The molecule has 2 N–H and O–H groups in total. The monoisotopic (exact) mass is 252 g/mol. The zero-order valence-electron chi connectivity index (χ0n) is 11.1. The molecule has 18 heavy (non-hydrogen) atoms. The molecule has 0 bridgehead atoms. The summed E-state index contributed by atoms with van der Waals surface area (Å²) in [5, 5.41) is 5.83. The van der Waals surface area contributed by atoms with E-state index in [1.807, 2.05) is 25.1 Å². The summed E-state index contributed by atoms with van der Waals surface area (Å²) in [6.07, 6.45) is 0. The summed E-state index contributed by atoms with van der Waals surface area (Å²) < 4.78 is 9.99. The summed E-state index contributed by atoms with van der Waals surface area (Å²) in [7, 11) is 3.22. The molecule has 0 fully saturated rings. The molecule has 0 aromatic heterocycles. The van der Waals surface area contributed by atoms with Gasteiger partial charge in [0.1, 0.15) is 5.75 Å².